The van der Waals surface area contributed by atoms with Crippen LogP contribution in [0.25, 0.3) is 0 Å². The minimum Gasteiger partial charge on any atom is -0.382 e. The number of nitrogens with one attached hydrogen (secondary N) is 1. The Morgan fingerprint density at radius 1 is 1.56 bits per heavy atom. The Balaban J connectivity index is 2.25. The van der Waals surface area contributed by atoms with Crippen LogP contribution in [0, 0.1) is 0 Å². The smallest absolute Gasteiger partial charge is 0.216 e. The molecule has 0 bridgehead atoms. The van der Waals surface area contributed by atoms with E-state index >= 15 is 0 Å². The number of hydrogen-bond donors (Lipinski definition) is 2. The first kappa shape index (κ1) is 13.3. The van der Waals surface area contributed by atoms with Crippen LogP contribution in [0.3, 0.4) is 0 Å². The molecule has 0 aliphatic carbocycles. The van der Waals surface area contributed by atoms with Crippen molar-refractivity contribution in [3.8, 4) is 0 Å². The lowest BCUT2D eigenvalue weighted by Crippen LogP contribution is -2.00. The molecule has 0 saturated heterocycles. The molecule has 0 radical (unpaired) electrons. The number of thiazole rings is 1. The second kappa shape index (κ2) is 5.64. The Bertz CT molecular complexity index is 591. The Kier molecular flexibility index (Phi) is 4.15. The Morgan fingerprint density at radius 2 is 2.33 bits per heavy atom. The molecular weight excluding hydrogens is 334 g/mol. The molecule has 0 atom stereocenters. The number of ketones is 1. The van der Waals surface area contributed by atoms with Crippen LogP contribution in [0.4, 0.5) is 10.9 Å². The number of carbonyl (C=O) groups is 1. The van der Waals surface area contributed by atoms with Crippen molar-refractivity contribution in [3.63, 3.8) is 0 Å². The van der Waals surface area contributed by atoms with Crippen molar-refractivity contribution in [2.45, 2.75) is 0 Å². The number of nitrogens with two attached hydrogens (primary N) is 1. The number of nitrogen functional groups attached to an aromatic ring is 1. The molecule has 94 valence electrons. The quantitative estimate of drug-likeness (QED) is 0.645. The number of aromatic nitrogens is 1. The van der Waals surface area contributed by atoms with Gasteiger partial charge in [0.05, 0.1) is 8.66 Å². The van der Waals surface area contributed by atoms with Crippen LogP contribution >= 0.6 is 38.6 Å². The van der Waals surface area contributed by atoms with Crippen LogP contribution in [0.1, 0.15) is 14.5 Å². The first-order valence-electron chi connectivity index (χ1n) is 5.03. The van der Waals surface area contributed by atoms with Crippen molar-refractivity contribution in [1.82, 2.24) is 4.98 Å². The predicted molar refractivity (Wildman–Crippen MR) is 80.7 cm³/mol. The van der Waals surface area contributed by atoms with Gasteiger partial charge >= 0.3 is 0 Å². The number of anilines is 2. The fourth-order valence-electron chi connectivity index (χ4n) is 1.28. The first-order chi connectivity index (χ1) is 8.61. The summed E-state index contributed by atoms with van der Waals surface area (Å²) < 4.78 is 0.916. The van der Waals surface area contributed by atoms with Crippen LogP contribution in [-0.2, 0) is 0 Å². The van der Waals surface area contributed by atoms with E-state index in [1.165, 1.54) is 22.7 Å². The van der Waals surface area contributed by atoms with Crippen LogP contribution in [-0.4, -0.2) is 17.3 Å². The average Bonchev–Trinajstić information content (AvgIpc) is 2.92. The van der Waals surface area contributed by atoms with Gasteiger partial charge in [-0.2, -0.15) is 0 Å². The van der Waals surface area contributed by atoms with Gasteiger partial charge in [0, 0.05) is 6.54 Å². The number of rotatable bonds is 5. The maximum Gasteiger partial charge on any atom is 0.216 e. The summed E-state index contributed by atoms with van der Waals surface area (Å²) >= 11 is 5.97. The fraction of sp³-hybridized carbons (Fsp3) is 0.0909. The third kappa shape index (κ3) is 2.80. The zero-order valence-electron chi connectivity index (χ0n) is 9.27. The molecule has 0 aliphatic heterocycles. The summed E-state index contributed by atoms with van der Waals surface area (Å²) in [4.78, 5) is 17.4. The number of halogens is 1. The molecular formula is C11H10BrN3OS2. The van der Waals surface area contributed by atoms with Gasteiger partial charge in [0.25, 0.3) is 0 Å². The van der Waals surface area contributed by atoms with E-state index in [1.807, 2.05) is 6.07 Å². The second-order valence-electron chi connectivity index (χ2n) is 3.34. The molecule has 18 heavy (non-hydrogen) atoms. The van der Waals surface area contributed by atoms with Crippen molar-refractivity contribution in [3.05, 3.63) is 38.3 Å². The van der Waals surface area contributed by atoms with Gasteiger partial charge in [-0.25, -0.2) is 4.98 Å². The molecule has 2 aromatic heterocycles. The molecule has 0 spiro atoms. The molecule has 4 nitrogen and oxygen atoms in total. The third-order valence-corrected chi connectivity index (χ3v) is 4.70. The molecule has 2 rings (SSSR count). The lowest BCUT2D eigenvalue weighted by Gasteiger charge is -1.94. The highest BCUT2D eigenvalue weighted by Gasteiger charge is 2.19. The van der Waals surface area contributed by atoms with E-state index in [-0.39, 0.29) is 11.6 Å². The van der Waals surface area contributed by atoms with Gasteiger partial charge in [0.1, 0.15) is 10.7 Å². The van der Waals surface area contributed by atoms with Gasteiger partial charge in [-0.1, -0.05) is 17.4 Å². The minimum atomic E-state index is -0.0904. The predicted octanol–water partition coefficient (Wildman–Crippen LogP) is 3.38. The van der Waals surface area contributed by atoms with E-state index < -0.39 is 0 Å². The van der Waals surface area contributed by atoms with Crippen LogP contribution in [0.5, 0.6) is 0 Å². The number of nitrogens with zero attached hydrogens (tertiary/aromatic N) is 1. The summed E-state index contributed by atoms with van der Waals surface area (Å²) in [5.41, 5.74) is 5.76. The van der Waals surface area contributed by atoms with Crippen molar-refractivity contribution in [1.29, 1.82) is 0 Å². The molecule has 0 aliphatic rings. The fourth-order valence-corrected chi connectivity index (χ4v) is 3.52. The summed E-state index contributed by atoms with van der Waals surface area (Å²) in [7, 11) is 0. The van der Waals surface area contributed by atoms with E-state index in [1.54, 1.807) is 12.1 Å². The summed E-state index contributed by atoms with van der Waals surface area (Å²) in [5, 5.41) is 3.65. The monoisotopic (exact) mass is 343 g/mol. The lowest BCUT2D eigenvalue weighted by atomic mass is 10.3. The van der Waals surface area contributed by atoms with Gasteiger partial charge < -0.3 is 11.1 Å². The maximum atomic E-state index is 12.2. The standard InChI is InChI=1S/C11H10BrN3OS2/c1-2-5-14-11-15-10(13)9(18-11)8(16)6-3-4-7(12)17-6/h2-4H,1,5,13H2,(H,14,15). The number of thiophene rings is 1. The second-order valence-corrected chi connectivity index (χ2v) is 6.80. The Hall–Kier alpha value is -1.18. The SMILES string of the molecule is C=CCNc1nc(N)c(C(=O)c2ccc(Br)s2)s1. The lowest BCUT2D eigenvalue weighted by molar-refractivity contribution is 0.104. The van der Waals surface area contributed by atoms with E-state index in [2.05, 4.69) is 32.8 Å². The Morgan fingerprint density at radius 3 is 2.94 bits per heavy atom. The minimum absolute atomic E-state index is 0.0904. The van der Waals surface area contributed by atoms with Gasteiger partial charge in [0.15, 0.2) is 5.13 Å². The van der Waals surface area contributed by atoms with E-state index in [9.17, 15) is 4.79 Å². The van der Waals surface area contributed by atoms with Crippen LogP contribution < -0.4 is 11.1 Å². The van der Waals surface area contributed by atoms with Gasteiger partial charge in [-0.15, -0.1) is 17.9 Å². The average molecular weight is 344 g/mol. The van der Waals surface area contributed by atoms with Crippen LogP contribution in [0.15, 0.2) is 28.6 Å². The summed E-state index contributed by atoms with van der Waals surface area (Å²) in [5.74, 6) is 0.174. The highest BCUT2D eigenvalue weighted by molar-refractivity contribution is 9.11. The zero-order chi connectivity index (χ0) is 13.1. The van der Waals surface area contributed by atoms with E-state index in [4.69, 9.17) is 5.73 Å². The highest BCUT2D eigenvalue weighted by Crippen LogP contribution is 2.30. The van der Waals surface area contributed by atoms with Crippen molar-refractivity contribution >= 4 is 55.3 Å². The molecule has 2 aromatic rings. The summed E-state index contributed by atoms with van der Waals surface area (Å²) in [6, 6.07) is 3.61. The molecule has 3 N–H and O–H groups in total. The largest absolute Gasteiger partial charge is 0.382 e. The van der Waals surface area contributed by atoms with Gasteiger partial charge in [0.2, 0.25) is 5.78 Å². The molecule has 0 fully saturated rings. The normalized spacial score (nSPS) is 10.3. The molecule has 0 aromatic carbocycles. The van der Waals surface area contributed by atoms with Gasteiger partial charge in [-0.05, 0) is 28.1 Å². The summed E-state index contributed by atoms with van der Waals surface area (Å²) in [6.07, 6.45) is 1.72. The van der Waals surface area contributed by atoms with E-state index in [0.717, 1.165) is 3.79 Å². The number of hydrogen-bond acceptors (Lipinski definition) is 6. The number of carbonyl (C=O) groups excluding carboxylic acids is 1. The Labute approximate surface area is 121 Å². The van der Waals surface area contributed by atoms with Crippen molar-refractivity contribution < 1.29 is 4.79 Å². The summed E-state index contributed by atoms with van der Waals surface area (Å²) in [6.45, 7) is 4.19. The molecule has 2 heterocycles. The highest BCUT2D eigenvalue weighted by atomic mass is 79.9. The van der Waals surface area contributed by atoms with E-state index in [0.29, 0.717) is 21.4 Å². The van der Waals surface area contributed by atoms with Crippen LogP contribution in [0.2, 0.25) is 0 Å². The molecule has 0 saturated carbocycles. The van der Waals surface area contributed by atoms with Crippen molar-refractivity contribution in [2.24, 2.45) is 0 Å². The molecule has 0 amide bonds. The molecule has 7 heteroatoms. The zero-order valence-corrected chi connectivity index (χ0v) is 12.5. The van der Waals surface area contributed by atoms with Crippen molar-refractivity contribution in [2.75, 3.05) is 17.6 Å². The maximum absolute atomic E-state index is 12.2. The van der Waals surface area contributed by atoms with Gasteiger partial charge in [-0.3, -0.25) is 4.79 Å². The third-order valence-electron chi connectivity index (χ3n) is 2.05. The molecule has 0 unspecified atom stereocenters. The topological polar surface area (TPSA) is 68.0 Å². The first-order valence-corrected chi connectivity index (χ1v) is 7.45.